The smallest absolute Gasteiger partial charge is 0.0720 e. The second kappa shape index (κ2) is 5.32. The fraction of sp³-hybridized carbons (Fsp3) is 0.571. The van der Waals surface area contributed by atoms with Gasteiger partial charge in [0, 0.05) is 0 Å². The quantitative estimate of drug-likeness (QED) is 0.728. The van der Waals surface area contributed by atoms with Crippen LogP contribution in [0, 0.1) is 5.92 Å². The molecule has 1 saturated carbocycles. The van der Waals surface area contributed by atoms with E-state index in [4.69, 9.17) is 4.74 Å². The van der Waals surface area contributed by atoms with E-state index in [0.717, 1.165) is 12.5 Å². The van der Waals surface area contributed by atoms with Crippen molar-refractivity contribution < 1.29 is 4.74 Å². The molecule has 0 heterocycles. The zero-order valence-corrected chi connectivity index (χ0v) is 9.49. The summed E-state index contributed by atoms with van der Waals surface area (Å²) in [5.74, 6) is 0.738. The Morgan fingerprint density at radius 3 is 2.60 bits per heavy atom. The molecule has 0 amide bonds. The summed E-state index contributed by atoms with van der Waals surface area (Å²) in [6.45, 7) is 3.09. The summed E-state index contributed by atoms with van der Waals surface area (Å²) in [6, 6.07) is 10.5. The maximum atomic E-state index is 5.98. The number of ether oxygens (including phenoxy) is 1. The Morgan fingerprint density at radius 2 is 1.87 bits per heavy atom. The van der Waals surface area contributed by atoms with E-state index < -0.39 is 0 Å². The van der Waals surface area contributed by atoms with Gasteiger partial charge < -0.3 is 4.74 Å². The number of rotatable bonds is 3. The van der Waals surface area contributed by atoms with Crippen molar-refractivity contribution in [3.63, 3.8) is 0 Å². The third kappa shape index (κ3) is 3.07. The van der Waals surface area contributed by atoms with E-state index in [2.05, 4.69) is 31.2 Å². The van der Waals surface area contributed by atoms with Crippen molar-refractivity contribution in [3.8, 4) is 0 Å². The Kier molecular flexibility index (Phi) is 3.79. The predicted molar refractivity (Wildman–Crippen MR) is 62.7 cm³/mol. The number of hydrogen-bond acceptors (Lipinski definition) is 1. The van der Waals surface area contributed by atoms with Gasteiger partial charge in [-0.2, -0.15) is 0 Å². The normalized spacial score (nSPS) is 26.5. The molecule has 0 N–H and O–H groups in total. The van der Waals surface area contributed by atoms with Gasteiger partial charge in [0.25, 0.3) is 0 Å². The molecule has 1 heteroatoms. The van der Waals surface area contributed by atoms with Gasteiger partial charge in [0.1, 0.15) is 0 Å². The van der Waals surface area contributed by atoms with Crippen molar-refractivity contribution in [1.29, 1.82) is 0 Å². The van der Waals surface area contributed by atoms with Crippen LogP contribution >= 0.6 is 0 Å². The molecule has 0 radical (unpaired) electrons. The third-order valence-electron chi connectivity index (χ3n) is 3.34. The molecule has 0 saturated heterocycles. The molecule has 1 aliphatic carbocycles. The van der Waals surface area contributed by atoms with Crippen molar-refractivity contribution in [2.24, 2.45) is 5.92 Å². The molecule has 15 heavy (non-hydrogen) atoms. The van der Waals surface area contributed by atoms with E-state index in [1.165, 1.54) is 31.2 Å². The monoisotopic (exact) mass is 204 g/mol. The van der Waals surface area contributed by atoms with Crippen LogP contribution in [0.1, 0.15) is 38.2 Å². The van der Waals surface area contributed by atoms with Crippen LogP contribution in [0.4, 0.5) is 0 Å². The average molecular weight is 204 g/mol. The third-order valence-corrected chi connectivity index (χ3v) is 3.34. The second-order valence-electron chi connectivity index (χ2n) is 4.60. The number of hydrogen-bond donors (Lipinski definition) is 0. The van der Waals surface area contributed by atoms with Gasteiger partial charge in [0.05, 0.1) is 12.7 Å². The Hall–Kier alpha value is -0.820. The van der Waals surface area contributed by atoms with Crippen LogP contribution < -0.4 is 0 Å². The summed E-state index contributed by atoms with van der Waals surface area (Å²) < 4.78 is 5.98. The molecule has 2 atom stereocenters. The Balaban J connectivity index is 1.82. The first-order valence-corrected chi connectivity index (χ1v) is 6.02. The predicted octanol–water partition coefficient (Wildman–Crippen LogP) is 3.78. The van der Waals surface area contributed by atoms with Gasteiger partial charge in [0.2, 0.25) is 0 Å². The lowest BCUT2D eigenvalue weighted by molar-refractivity contribution is -0.0154. The van der Waals surface area contributed by atoms with E-state index >= 15 is 0 Å². The van der Waals surface area contributed by atoms with Gasteiger partial charge >= 0.3 is 0 Å². The Morgan fingerprint density at radius 1 is 1.13 bits per heavy atom. The van der Waals surface area contributed by atoms with Crippen molar-refractivity contribution in [2.75, 3.05) is 0 Å². The van der Waals surface area contributed by atoms with E-state index in [1.54, 1.807) is 0 Å². The van der Waals surface area contributed by atoms with Crippen LogP contribution in [0.25, 0.3) is 0 Å². The molecule has 1 nitrogen and oxygen atoms in total. The van der Waals surface area contributed by atoms with Crippen LogP contribution in [0.5, 0.6) is 0 Å². The summed E-state index contributed by atoms with van der Waals surface area (Å²) >= 11 is 0. The zero-order valence-electron chi connectivity index (χ0n) is 9.49. The van der Waals surface area contributed by atoms with Crippen LogP contribution in [0.3, 0.4) is 0 Å². The minimum absolute atomic E-state index is 0.485. The first kappa shape index (κ1) is 10.7. The molecule has 0 spiro atoms. The summed E-state index contributed by atoms with van der Waals surface area (Å²) in [7, 11) is 0. The second-order valence-corrected chi connectivity index (χ2v) is 4.60. The highest BCUT2D eigenvalue weighted by atomic mass is 16.5. The van der Waals surface area contributed by atoms with E-state index in [-0.39, 0.29) is 0 Å². The van der Waals surface area contributed by atoms with Gasteiger partial charge in [-0.25, -0.2) is 0 Å². The Bertz CT molecular complexity index is 281. The largest absolute Gasteiger partial charge is 0.373 e. The van der Waals surface area contributed by atoms with Gasteiger partial charge in [-0.05, 0) is 24.3 Å². The van der Waals surface area contributed by atoms with Gasteiger partial charge in [-0.3, -0.25) is 0 Å². The summed E-state index contributed by atoms with van der Waals surface area (Å²) in [5.41, 5.74) is 1.29. The first-order valence-electron chi connectivity index (χ1n) is 6.02. The van der Waals surface area contributed by atoms with Gasteiger partial charge in [-0.1, -0.05) is 50.1 Å². The highest BCUT2D eigenvalue weighted by molar-refractivity contribution is 5.13. The van der Waals surface area contributed by atoms with Gasteiger partial charge in [0.15, 0.2) is 0 Å². The number of benzene rings is 1. The molecule has 1 unspecified atom stereocenters. The standard InChI is InChI=1S/C14H20O/c1-12-7-5-6-10-14(12)15-11-13-8-3-2-4-9-13/h2-4,8-9,12,14H,5-7,10-11H2,1H3/t12?,14-/m0/s1. The van der Waals surface area contributed by atoms with Crippen LogP contribution in [-0.2, 0) is 11.3 Å². The lowest BCUT2D eigenvalue weighted by Crippen LogP contribution is -2.25. The van der Waals surface area contributed by atoms with Gasteiger partial charge in [-0.15, -0.1) is 0 Å². The minimum Gasteiger partial charge on any atom is -0.373 e. The van der Waals surface area contributed by atoms with Crippen molar-refractivity contribution in [2.45, 2.75) is 45.3 Å². The van der Waals surface area contributed by atoms with E-state index in [0.29, 0.717) is 6.10 Å². The summed E-state index contributed by atoms with van der Waals surface area (Å²) in [5, 5.41) is 0. The zero-order chi connectivity index (χ0) is 10.5. The molecule has 1 fully saturated rings. The molecular weight excluding hydrogens is 184 g/mol. The highest BCUT2D eigenvalue weighted by Gasteiger charge is 2.21. The maximum Gasteiger partial charge on any atom is 0.0720 e. The SMILES string of the molecule is CC1CCCC[C@@H]1OCc1ccccc1. The molecule has 1 aliphatic rings. The molecule has 0 bridgehead atoms. The molecule has 0 aromatic heterocycles. The maximum absolute atomic E-state index is 5.98. The van der Waals surface area contributed by atoms with Crippen molar-refractivity contribution in [3.05, 3.63) is 35.9 Å². The van der Waals surface area contributed by atoms with Crippen molar-refractivity contribution in [1.82, 2.24) is 0 Å². The molecular formula is C14H20O. The highest BCUT2D eigenvalue weighted by Crippen LogP contribution is 2.26. The van der Waals surface area contributed by atoms with Crippen LogP contribution in [0.2, 0.25) is 0 Å². The fourth-order valence-corrected chi connectivity index (χ4v) is 2.31. The molecule has 0 aliphatic heterocycles. The lowest BCUT2D eigenvalue weighted by Gasteiger charge is -2.28. The van der Waals surface area contributed by atoms with E-state index in [1.807, 2.05) is 6.07 Å². The average Bonchev–Trinajstić information content (AvgIpc) is 2.29. The van der Waals surface area contributed by atoms with E-state index in [9.17, 15) is 0 Å². The topological polar surface area (TPSA) is 9.23 Å². The minimum atomic E-state index is 0.485. The lowest BCUT2D eigenvalue weighted by atomic mass is 9.88. The first-order chi connectivity index (χ1) is 7.36. The molecule has 1 aromatic carbocycles. The van der Waals surface area contributed by atoms with Crippen LogP contribution in [-0.4, -0.2) is 6.10 Å². The Labute approximate surface area is 92.5 Å². The van der Waals surface area contributed by atoms with Crippen molar-refractivity contribution >= 4 is 0 Å². The molecule has 1 aromatic rings. The molecule has 2 rings (SSSR count). The fourth-order valence-electron chi connectivity index (χ4n) is 2.31. The molecule has 82 valence electrons. The van der Waals surface area contributed by atoms with Crippen LogP contribution in [0.15, 0.2) is 30.3 Å². The summed E-state index contributed by atoms with van der Waals surface area (Å²) in [6.07, 6.45) is 5.78. The summed E-state index contributed by atoms with van der Waals surface area (Å²) in [4.78, 5) is 0.